The third-order valence-corrected chi connectivity index (χ3v) is 4.14. The molecular weight excluding hydrogens is 314 g/mol. The van der Waals surface area contributed by atoms with Gasteiger partial charge in [0.05, 0.1) is 19.1 Å². The minimum absolute atomic E-state index is 0.218. The number of fused-ring (bicyclic) bond motifs is 1. The van der Waals surface area contributed by atoms with Crippen molar-refractivity contribution in [2.75, 3.05) is 6.61 Å². The van der Waals surface area contributed by atoms with E-state index in [2.05, 4.69) is 22.0 Å². The van der Waals surface area contributed by atoms with Gasteiger partial charge in [-0.15, -0.1) is 11.3 Å². The maximum Gasteiger partial charge on any atom is 0.348 e. The van der Waals surface area contributed by atoms with Crippen molar-refractivity contribution < 1.29 is 9.53 Å². The zero-order chi connectivity index (χ0) is 13.1. The fourth-order valence-corrected chi connectivity index (χ4v) is 3.41. The zero-order valence-electron chi connectivity index (χ0n) is 9.70. The average Bonchev–Trinajstić information content (AvgIpc) is 2.68. The first-order chi connectivity index (χ1) is 8.67. The van der Waals surface area contributed by atoms with Gasteiger partial charge >= 0.3 is 5.97 Å². The van der Waals surface area contributed by atoms with E-state index < -0.39 is 0 Å². The Labute approximate surface area is 117 Å². The highest BCUT2D eigenvalue weighted by molar-refractivity contribution is 9.10. The lowest BCUT2D eigenvalue weighted by Crippen LogP contribution is -2.04. The highest BCUT2D eigenvalue weighted by Gasteiger charge is 2.19. The molecule has 0 spiro atoms. The van der Waals surface area contributed by atoms with E-state index in [0.29, 0.717) is 11.5 Å². The maximum atomic E-state index is 11.9. The van der Waals surface area contributed by atoms with Crippen LogP contribution >= 0.6 is 27.3 Å². The molecule has 0 unspecified atom stereocenters. The molecule has 92 valence electrons. The minimum atomic E-state index is -0.347. The molecule has 1 aromatic heterocycles. The van der Waals surface area contributed by atoms with Gasteiger partial charge in [0, 0.05) is 9.17 Å². The number of carbonyl (C=O) groups excluding carboxylic acids is 1. The lowest BCUT2D eigenvalue weighted by Gasteiger charge is -2.00. The quantitative estimate of drug-likeness (QED) is 0.805. The molecule has 0 amide bonds. The summed E-state index contributed by atoms with van der Waals surface area (Å²) in [4.78, 5) is 12.4. The van der Waals surface area contributed by atoms with Crippen molar-refractivity contribution in [2.24, 2.45) is 0 Å². The minimum Gasteiger partial charge on any atom is -0.462 e. The van der Waals surface area contributed by atoms with E-state index in [0.717, 1.165) is 20.1 Å². The van der Waals surface area contributed by atoms with E-state index in [1.54, 1.807) is 6.92 Å². The summed E-state index contributed by atoms with van der Waals surface area (Å²) in [7, 11) is 0. The topological polar surface area (TPSA) is 50.1 Å². The zero-order valence-corrected chi connectivity index (χ0v) is 12.1. The van der Waals surface area contributed by atoms with Crippen LogP contribution in [0.5, 0.6) is 0 Å². The smallest absolute Gasteiger partial charge is 0.348 e. The number of nitrogens with zero attached hydrogens (tertiary/aromatic N) is 1. The predicted molar refractivity (Wildman–Crippen MR) is 74.8 cm³/mol. The van der Waals surface area contributed by atoms with E-state index in [-0.39, 0.29) is 12.4 Å². The molecule has 0 atom stereocenters. The van der Waals surface area contributed by atoms with Crippen LogP contribution in [0.4, 0.5) is 0 Å². The summed E-state index contributed by atoms with van der Waals surface area (Å²) >= 11 is 4.77. The van der Waals surface area contributed by atoms with E-state index in [1.807, 2.05) is 18.2 Å². The molecular formula is C13H10BrNO2S. The van der Waals surface area contributed by atoms with Gasteiger partial charge in [-0.25, -0.2) is 4.79 Å². The van der Waals surface area contributed by atoms with Crippen molar-refractivity contribution in [1.29, 1.82) is 5.26 Å². The van der Waals surface area contributed by atoms with Crippen molar-refractivity contribution in [3.05, 3.63) is 33.1 Å². The number of ether oxygens (including phenoxy) is 1. The van der Waals surface area contributed by atoms with Gasteiger partial charge in [-0.05, 0) is 30.0 Å². The van der Waals surface area contributed by atoms with Gasteiger partial charge in [-0.1, -0.05) is 22.0 Å². The van der Waals surface area contributed by atoms with Crippen molar-refractivity contribution in [3.8, 4) is 6.07 Å². The van der Waals surface area contributed by atoms with Gasteiger partial charge in [-0.3, -0.25) is 0 Å². The summed E-state index contributed by atoms with van der Waals surface area (Å²) in [6.45, 7) is 2.11. The van der Waals surface area contributed by atoms with Crippen LogP contribution in [0.25, 0.3) is 10.1 Å². The second-order valence-corrected chi connectivity index (χ2v) is 5.57. The second kappa shape index (κ2) is 5.51. The maximum absolute atomic E-state index is 11.9. The van der Waals surface area contributed by atoms with E-state index in [1.165, 1.54) is 11.3 Å². The van der Waals surface area contributed by atoms with Crippen molar-refractivity contribution in [2.45, 2.75) is 13.3 Å². The molecule has 1 heterocycles. The van der Waals surface area contributed by atoms with Gasteiger partial charge in [0.2, 0.25) is 0 Å². The molecule has 0 aliphatic rings. The Bertz CT molecular complexity index is 642. The highest BCUT2D eigenvalue weighted by atomic mass is 79.9. The molecule has 0 aliphatic heterocycles. The largest absolute Gasteiger partial charge is 0.462 e. The van der Waals surface area contributed by atoms with E-state index >= 15 is 0 Å². The van der Waals surface area contributed by atoms with Crippen molar-refractivity contribution in [3.63, 3.8) is 0 Å². The molecule has 2 rings (SSSR count). The van der Waals surface area contributed by atoms with Crippen LogP contribution in [-0.2, 0) is 11.2 Å². The Balaban J connectivity index is 2.61. The monoisotopic (exact) mass is 323 g/mol. The first-order valence-electron chi connectivity index (χ1n) is 5.42. The SMILES string of the molecule is CCOC(=O)c1sc2cc(Br)ccc2c1CC#N. The highest BCUT2D eigenvalue weighted by Crippen LogP contribution is 2.34. The fraction of sp³-hybridized carbons (Fsp3) is 0.231. The molecule has 2 aromatic rings. The molecule has 1 aromatic carbocycles. The van der Waals surface area contributed by atoms with Crippen LogP contribution in [-0.4, -0.2) is 12.6 Å². The lowest BCUT2D eigenvalue weighted by atomic mass is 10.1. The summed E-state index contributed by atoms with van der Waals surface area (Å²) in [5.74, 6) is -0.347. The van der Waals surface area contributed by atoms with E-state index in [4.69, 9.17) is 10.00 Å². The summed E-state index contributed by atoms with van der Waals surface area (Å²) < 4.78 is 6.96. The first kappa shape index (κ1) is 13.1. The molecule has 0 radical (unpaired) electrons. The molecule has 18 heavy (non-hydrogen) atoms. The fourth-order valence-electron chi connectivity index (χ4n) is 1.74. The van der Waals surface area contributed by atoms with Gasteiger partial charge in [0.25, 0.3) is 0 Å². The van der Waals surface area contributed by atoms with Gasteiger partial charge in [0.15, 0.2) is 0 Å². The van der Waals surface area contributed by atoms with Crippen LogP contribution in [0, 0.1) is 11.3 Å². The summed E-state index contributed by atoms with van der Waals surface area (Å²) in [6, 6.07) is 7.88. The van der Waals surface area contributed by atoms with Crippen molar-refractivity contribution >= 4 is 43.3 Å². The predicted octanol–water partition coefficient (Wildman–Crippen LogP) is 3.91. The van der Waals surface area contributed by atoms with Crippen LogP contribution < -0.4 is 0 Å². The normalized spacial score (nSPS) is 10.3. The Hall–Kier alpha value is -1.38. The molecule has 0 saturated carbocycles. The summed E-state index contributed by atoms with van der Waals surface area (Å²) in [5, 5.41) is 9.83. The summed E-state index contributed by atoms with van der Waals surface area (Å²) in [6.07, 6.45) is 0.218. The molecule has 0 saturated heterocycles. The third-order valence-electron chi connectivity index (χ3n) is 2.47. The molecule has 0 bridgehead atoms. The molecule has 5 heteroatoms. The van der Waals surface area contributed by atoms with Crippen LogP contribution in [0.1, 0.15) is 22.2 Å². The summed E-state index contributed by atoms with van der Waals surface area (Å²) in [5.41, 5.74) is 0.767. The number of esters is 1. The molecule has 0 fully saturated rings. The first-order valence-corrected chi connectivity index (χ1v) is 7.03. The van der Waals surface area contributed by atoms with Gasteiger partial charge < -0.3 is 4.74 Å². The number of hydrogen-bond acceptors (Lipinski definition) is 4. The third kappa shape index (κ3) is 2.40. The Morgan fingerprint density at radius 2 is 2.33 bits per heavy atom. The molecule has 0 N–H and O–H groups in total. The lowest BCUT2D eigenvalue weighted by molar-refractivity contribution is 0.0531. The van der Waals surface area contributed by atoms with Crippen molar-refractivity contribution in [1.82, 2.24) is 0 Å². The number of rotatable bonds is 3. The number of nitriles is 1. The Morgan fingerprint density at radius 1 is 1.56 bits per heavy atom. The number of hydrogen-bond donors (Lipinski definition) is 0. The average molecular weight is 324 g/mol. The number of benzene rings is 1. The van der Waals surface area contributed by atoms with Gasteiger partial charge in [0.1, 0.15) is 4.88 Å². The Kier molecular flexibility index (Phi) is 4.00. The van der Waals surface area contributed by atoms with E-state index in [9.17, 15) is 4.79 Å². The standard InChI is InChI=1S/C13H10BrNO2S/c1-2-17-13(16)12-10(5-6-15)9-4-3-8(14)7-11(9)18-12/h3-4,7H,2,5H2,1H3. The molecule has 0 aliphatic carbocycles. The number of halogens is 1. The number of thiophene rings is 1. The number of carbonyl (C=O) groups is 1. The Morgan fingerprint density at radius 3 is 3.00 bits per heavy atom. The van der Waals surface area contributed by atoms with Crippen LogP contribution in [0.15, 0.2) is 22.7 Å². The van der Waals surface area contributed by atoms with Crippen LogP contribution in [0.3, 0.4) is 0 Å². The van der Waals surface area contributed by atoms with Crippen LogP contribution in [0.2, 0.25) is 0 Å². The van der Waals surface area contributed by atoms with Gasteiger partial charge in [-0.2, -0.15) is 5.26 Å². The molecule has 3 nitrogen and oxygen atoms in total. The second-order valence-electron chi connectivity index (χ2n) is 3.61.